The molecule has 2 aliphatic carbocycles. The van der Waals surface area contributed by atoms with Crippen molar-refractivity contribution in [3.63, 3.8) is 0 Å². The third-order valence-electron chi connectivity index (χ3n) is 5.75. The summed E-state index contributed by atoms with van der Waals surface area (Å²) in [7, 11) is 0. The van der Waals surface area contributed by atoms with Crippen molar-refractivity contribution in [3.8, 4) is 0 Å². The third kappa shape index (κ3) is 3.53. The number of nitrogens with one attached hydrogen (secondary N) is 1. The molecule has 0 bridgehead atoms. The second-order valence-electron chi connectivity index (χ2n) is 7.72. The highest BCUT2D eigenvalue weighted by Gasteiger charge is 2.42. The van der Waals surface area contributed by atoms with E-state index >= 15 is 0 Å². The summed E-state index contributed by atoms with van der Waals surface area (Å²) in [5.41, 5.74) is 4.07. The molecule has 3 rings (SSSR count). The Labute approximate surface area is 149 Å². The minimum absolute atomic E-state index is 0.0235. The summed E-state index contributed by atoms with van der Waals surface area (Å²) in [5.74, 6) is -0.572. The number of rotatable bonds is 5. The van der Waals surface area contributed by atoms with Crippen LogP contribution in [-0.4, -0.2) is 24.0 Å². The van der Waals surface area contributed by atoms with Gasteiger partial charge in [-0.15, -0.1) is 0 Å². The van der Waals surface area contributed by atoms with Gasteiger partial charge in [-0.25, -0.2) is 0 Å². The summed E-state index contributed by atoms with van der Waals surface area (Å²) < 4.78 is 0. The zero-order valence-electron chi connectivity index (χ0n) is 15.4. The van der Waals surface area contributed by atoms with Gasteiger partial charge in [-0.05, 0) is 56.7 Å². The van der Waals surface area contributed by atoms with Gasteiger partial charge in [0.15, 0.2) is 5.78 Å². The lowest BCUT2D eigenvalue weighted by atomic mass is 9.84. The zero-order chi connectivity index (χ0) is 18.1. The summed E-state index contributed by atoms with van der Waals surface area (Å²) >= 11 is 0. The van der Waals surface area contributed by atoms with E-state index in [0.29, 0.717) is 19.4 Å². The van der Waals surface area contributed by atoms with E-state index in [1.165, 1.54) is 0 Å². The van der Waals surface area contributed by atoms with E-state index in [1.807, 2.05) is 32.9 Å². The number of benzene rings is 1. The molecule has 0 aliphatic heterocycles. The van der Waals surface area contributed by atoms with Crippen molar-refractivity contribution in [2.24, 2.45) is 11.8 Å². The highest BCUT2D eigenvalue weighted by atomic mass is 16.2. The number of hydrogen-bond donors (Lipinski definition) is 1. The molecule has 1 amide bonds. The van der Waals surface area contributed by atoms with Crippen LogP contribution in [0.5, 0.6) is 0 Å². The van der Waals surface area contributed by atoms with Crippen LogP contribution in [0.15, 0.2) is 12.1 Å². The lowest BCUT2D eigenvalue weighted by Gasteiger charge is -2.24. The molecule has 0 aromatic heterocycles. The number of carbonyl (C=O) groups is 3. The van der Waals surface area contributed by atoms with Crippen LogP contribution in [0.1, 0.15) is 60.3 Å². The third-order valence-corrected chi connectivity index (χ3v) is 5.75. The SMILES string of the molecule is Cc1cc(C)c(C2C(=O)CC(CCNC(=O)C3CCC3)C2=O)c(C)c1. The molecule has 4 heteroatoms. The number of aryl methyl sites for hydroxylation is 3. The predicted molar refractivity (Wildman–Crippen MR) is 96.5 cm³/mol. The first-order chi connectivity index (χ1) is 11.9. The first kappa shape index (κ1) is 17.8. The van der Waals surface area contributed by atoms with Crippen LogP contribution >= 0.6 is 0 Å². The monoisotopic (exact) mass is 341 g/mol. The van der Waals surface area contributed by atoms with Gasteiger partial charge in [0.2, 0.25) is 5.91 Å². The fourth-order valence-corrected chi connectivity index (χ4v) is 4.23. The Kier molecular flexibility index (Phi) is 5.07. The molecule has 0 heterocycles. The molecule has 1 aromatic rings. The first-order valence-electron chi connectivity index (χ1n) is 9.30. The van der Waals surface area contributed by atoms with Gasteiger partial charge in [0.05, 0.1) is 0 Å². The minimum atomic E-state index is -0.618. The summed E-state index contributed by atoms with van der Waals surface area (Å²) in [5, 5.41) is 2.93. The molecular formula is C21H27NO3. The van der Waals surface area contributed by atoms with Gasteiger partial charge in [-0.2, -0.15) is 0 Å². The van der Waals surface area contributed by atoms with E-state index in [1.54, 1.807) is 0 Å². The van der Waals surface area contributed by atoms with Crippen LogP contribution in [0.2, 0.25) is 0 Å². The summed E-state index contributed by atoms with van der Waals surface area (Å²) in [6, 6.07) is 4.07. The molecule has 2 saturated carbocycles. The largest absolute Gasteiger partial charge is 0.356 e. The molecule has 0 radical (unpaired) electrons. The molecule has 0 spiro atoms. The Balaban J connectivity index is 1.65. The average Bonchev–Trinajstić information content (AvgIpc) is 2.72. The number of ketones is 2. The second kappa shape index (κ2) is 7.11. The van der Waals surface area contributed by atoms with Crippen LogP contribution in [0.4, 0.5) is 0 Å². The van der Waals surface area contributed by atoms with Crippen molar-refractivity contribution in [1.82, 2.24) is 5.32 Å². The lowest BCUT2D eigenvalue weighted by Crippen LogP contribution is -2.35. The van der Waals surface area contributed by atoms with Gasteiger partial charge in [0, 0.05) is 24.8 Å². The average molecular weight is 341 g/mol. The Morgan fingerprint density at radius 1 is 1.12 bits per heavy atom. The first-order valence-corrected chi connectivity index (χ1v) is 9.30. The second-order valence-corrected chi connectivity index (χ2v) is 7.72. The fourth-order valence-electron chi connectivity index (χ4n) is 4.23. The molecule has 4 nitrogen and oxygen atoms in total. The lowest BCUT2D eigenvalue weighted by molar-refractivity contribution is -0.128. The van der Waals surface area contributed by atoms with Crippen molar-refractivity contribution in [3.05, 3.63) is 34.4 Å². The van der Waals surface area contributed by atoms with E-state index in [-0.39, 0.29) is 29.3 Å². The van der Waals surface area contributed by atoms with Crippen molar-refractivity contribution in [2.45, 2.75) is 58.8 Å². The van der Waals surface area contributed by atoms with Gasteiger partial charge in [-0.1, -0.05) is 24.1 Å². The molecule has 0 saturated heterocycles. The van der Waals surface area contributed by atoms with Gasteiger partial charge >= 0.3 is 0 Å². The highest BCUT2D eigenvalue weighted by molar-refractivity contribution is 6.15. The molecule has 2 atom stereocenters. The van der Waals surface area contributed by atoms with Crippen molar-refractivity contribution in [2.75, 3.05) is 6.54 Å². The molecule has 1 N–H and O–H groups in total. The topological polar surface area (TPSA) is 63.2 Å². The van der Waals surface area contributed by atoms with Crippen molar-refractivity contribution < 1.29 is 14.4 Å². The number of Topliss-reactive ketones (excluding diaryl/α,β-unsaturated/α-hetero) is 2. The summed E-state index contributed by atoms with van der Waals surface area (Å²) in [4.78, 5) is 37.3. The maximum absolute atomic E-state index is 12.8. The van der Waals surface area contributed by atoms with Crippen LogP contribution in [-0.2, 0) is 14.4 Å². The summed E-state index contributed by atoms with van der Waals surface area (Å²) in [6.45, 7) is 6.46. The Bertz CT molecular complexity index is 695. The quantitative estimate of drug-likeness (QED) is 0.837. The molecule has 2 fully saturated rings. The van der Waals surface area contributed by atoms with Crippen molar-refractivity contribution >= 4 is 17.5 Å². The molecular weight excluding hydrogens is 314 g/mol. The normalized spacial score (nSPS) is 23.6. The van der Waals surface area contributed by atoms with Gasteiger partial charge < -0.3 is 5.32 Å². The Morgan fingerprint density at radius 3 is 2.32 bits per heavy atom. The smallest absolute Gasteiger partial charge is 0.223 e. The van der Waals surface area contributed by atoms with E-state index in [4.69, 9.17) is 0 Å². The predicted octanol–water partition coefficient (Wildman–Crippen LogP) is 3.16. The van der Waals surface area contributed by atoms with Gasteiger partial charge in [-0.3, -0.25) is 14.4 Å². The molecule has 25 heavy (non-hydrogen) atoms. The van der Waals surface area contributed by atoms with Gasteiger partial charge in [0.25, 0.3) is 0 Å². The maximum atomic E-state index is 12.8. The van der Waals surface area contributed by atoms with Crippen LogP contribution in [0.3, 0.4) is 0 Å². The number of amides is 1. The van der Waals surface area contributed by atoms with E-state index in [2.05, 4.69) is 5.32 Å². The van der Waals surface area contributed by atoms with Gasteiger partial charge in [0.1, 0.15) is 11.7 Å². The van der Waals surface area contributed by atoms with Crippen molar-refractivity contribution in [1.29, 1.82) is 0 Å². The van der Waals surface area contributed by atoms with E-state index in [9.17, 15) is 14.4 Å². The molecule has 1 aromatic carbocycles. The molecule has 2 aliphatic rings. The molecule has 134 valence electrons. The summed E-state index contributed by atoms with van der Waals surface area (Å²) in [6.07, 6.45) is 3.94. The Hall–Kier alpha value is -1.97. The fraction of sp³-hybridized carbons (Fsp3) is 0.571. The minimum Gasteiger partial charge on any atom is -0.356 e. The van der Waals surface area contributed by atoms with E-state index in [0.717, 1.165) is 41.5 Å². The van der Waals surface area contributed by atoms with Crippen LogP contribution in [0, 0.1) is 32.6 Å². The standard InChI is InChI=1S/C21H27NO3/c1-12-9-13(2)18(14(3)10-12)19-17(23)11-16(20(19)24)7-8-22-21(25)15-5-4-6-15/h9-10,15-16,19H,4-8,11H2,1-3H3,(H,22,25). The molecule has 2 unspecified atom stereocenters. The highest BCUT2D eigenvalue weighted by Crippen LogP contribution is 2.37. The maximum Gasteiger partial charge on any atom is 0.223 e. The van der Waals surface area contributed by atoms with Crippen LogP contribution < -0.4 is 5.32 Å². The Morgan fingerprint density at radius 2 is 1.76 bits per heavy atom. The van der Waals surface area contributed by atoms with E-state index < -0.39 is 5.92 Å². The number of carbonyl (C=O) groups excluding carboxylic acids is 3. The van der Waals surface area contributed by atoms with Crippen LogP contribution in [0.25, 0.3) is 0 Å². The number of hydrogen-bond acceptors (Lipinski definition) is 3. The zero-order valence-corrected chi connectivity index (χ0v) is 15.4.